The van der Waals surface area contributed by atoms with Crippen LogP contribution in [0.25, 0.3) is 0 Å². The van der Waals surface area contributed by atoms with Crippen molar-refractivity contribution in [2.45, 2.75) is 117 Å². The number of carbonyl (C=O) groups excluding carboxylic acids is 5. The van der Waals surface area contributed by atoms with Gasteiger partial charge in [0.25, 0.3) is 0 Å². The summed E-state index contributed by atoms with van der Waals surface area (Å²) in [5, 5.41) is 11.6. The van der Waals surface area contributed by atoms with Gasteiger partial charge in [0.15, 0.2) is 0 Å². The maximum absolute atomic E-state index is 14.2. The molecule has 0 radical (unpaired) electrons. The van der Waals surface area contributed by atoms with Crippen molar-refractivity contribution >= 4 is 35.2 Å². The highest BCUT2D eigenvalue weighted by Crippen LogP contribution is 2.29. The molecule has 2 rings (SSSR count). The van der Waals surface area contributed by atoms with E-state index in [2.05, 4.69) is 21.3 Å². The summed E-state index contributed by atoms with van der Waals surface area (Å²) in [4.78, 5) is 72.9. The first-order valence-corrected chi connectivity index (χ1v) is 19.8. The number of ether oxygens (including phenoxy) is 2. The molecule has 0 spiro atoms. The summed E-state index contributed by atoms with van der Waals surface area (Å²) >= 11 is 0. The third-order valence-corrected chi connectivity index (χ3v) is 11.1. The van der Waals surface area contributed by atoms with E-state index in [1.807, 2.05) is 91.9 Å². The highest BCUT2D eigenvalue weighted by atomic mass is 16.5. The SMILES string of the molecule is CC[C@H](C)[C@@H]([C@@H](CC(=O)N1CCC[C@H]1[C@H](OC)[C@@H](C)C(=O)NCC(=O)NCc1ccc(NC)cc1)OC)N(C)C(=O)[C@@H](NC(=O)[C@H](C(C)C)N(C)C)C(C)C. The second-order valence-electron chi connectivity index (χ2n) is 15.9. The summed E-state index contributed by atoms with van der Waals surface area (Å²) in [6.45, 7) is 14.2. The quantitative estimate of drug-likeness (QED) is 0.139. The van der Waals surface area contributed by atoms with Gasteiger partial charge in [-0.3, -0.25) is 28.9 Å². The average Bonchev–Trinajstić information content (AvgIpc) is 3.64. The van der Waals surface area contributed by atoms with Crippen LogP contribution in [0.4, 0.5) is 5.69 Å². The minimum atomic E-state index is -0.765. The van der Waals surface area contributed by atoms with Crippen molar-refractivity contribution in [2.24, 2.45) is 23.7 Å². The highest BCUT2D eigenvalue weighted by molar-refractivity contribution is 5.90. The van der Waals surface area contributed by atoms with Crippen LogP contribution in [0.15, 0.2) is 24.3 Å². The summed E-state index contributed by atoms with van der Waals surface area (Å²) in [5.74, 6) is -2.06. The first kappa shape index (κ1) is 47.4. The van der Waals surface area contributed by atoms with Gasteiger partial charge in [-0.1, -0.05) is 67.0 Å². The Bertz CT molecular complexity index is 1380. The molecule has 1 aromatic rings. The first-order valence-electron chi connectivity index (χ1n) is 19.8. The van der Waals surface area contributed by atoms with Gasteiger partial charge in [-0.05, 0) is 62.4 Å². The Kier molecular flexibility index (Phi) is 19.6. The number of likely N-dealkylation sites (tertiary alicyclic amines) is 1. The summed E-state index contributed by atoms with van der Waals surface area (Å²) in [6, 6.07) is 5.70. The standard InChI is InChI=1S/C41H71N7O7/c1-14-27(6)37(47(11)41(53)35(25(2)3)45-40(52)36(26(4)5)46(9)10)32(54-12)22-34(50)48-21-15-16-31(48)38(55-13)28(7)39(51)44-24-33(49)43-23-29-17-19-30(42-8)20-18-29/h17-20,25-28,31-32,35-38,42H,14-16,21-24H2,1-13H3,(H,43,49)(H,44,51)(H,45,52)/t27-,28+,31-,32+,35-,36-,37-,38+/m0/s1. The van der Waals surface area contributed by atoms with Gasteiger partial charge in [0, 0.05) is 47.1 Å². The van der Waals surface area contributed by atoms with Crippen molar-refractivity contribution in [3.63, 3.8) is 0 Å². The zero-order valence-electron chi connectivity index (χ0n) is 35.7. The van der Waals surface area contributed by atoms with E-state index in [1.54, 1.807) is 30.9 Å². The molecule has 5 amide bonds. The van der Waals surface area contributed by atoms with Crippen molar-refractivity contribution in [2.75, 3.05) is 60.8 Å². The van der Waals surface area contributed by atoms with Crippen molar-refractivity contribution in [1.29, 1.82) is 0 Å². The Labute approximate surface area is 330 Å². The van der Waals surface area contributed by atoms with E-state index in [4.69, 9.17) is 9.47 Å². The summed E-state index contributed by atoms with van der Waals surface area (Å²) in [7, 11) is 10.4. The Balaban J connectivity index is 2.15. The molecule has 14 nitrogen and oxygen atoms in total. The highest BCUT2D eigenvalue weighted by Gasteiger charge is 2.43. The molecule has 0 saturated carbocycles. The number of amides is 5. The molecule has 312 valence electrons. The lowest BCUT2D eigenvalue weighted by molar-refractivity contribution is -0.148. The third kappa shape index (κ3) is 13.2. The van der Waals surface area contributed by atoms with Crippen molar-refractivity contribution in [3.05, 3.63) is 29.8 Å². The molecule has 1 aliphatic rings. The molecule has 14 heteroatoms. The van der Waals surface area contributed by atoms with E-state index >= 15 is 0 Å². The van der Waals surface area contributed by atoms with Gasteiger partial charge in [-0.15, -0.1) is 0 Å². The molecular weight excluding hydrogens is 702 g/mol. The minimum Gasteiger partial charge on any atom is -0.388 e. The minimum absolute atomic E-state index is 0.0171. The molecule has 1 heterocycles. The number of likely N-dealkylation sites (N-methyl/N-ethyl adjacent to an activating group) is 2. The summed E-state index contributed by atoms with van der Waals surface area (Å²) in [6.07, 6.45) is 0.907. The van der Waals surface area contributed by atoms with Gasteiger partial charge in [0.05, 0.1) is 49.2 Å². The fraction of sp³-hybridized carbons (Fsp3) is 0.732. The number of hydrogen-bond donors (Lipinski definition) is 4. The Morgan fingerprint density at radius 1 is 0.891 bits per heavy atom. The Morgan fingerprint density at radius 3 is 2.04 bits per heavy atom. The smallest absolute Gasteiger partial charge is 0.245 e. The number of methoxy groups -OCH3 is 2. The topological polar surface area (TPSA) is 162 Å². The van der Waals surface area contributed by atoms with Crippen LogP contribution in [0.1, 0.15) is 79.7 Å². The number of carbonyl (C=O) groups is 5. The summed E-state index contributed by atoms with van der Waals surface area (Å²) < 4.78 is 11.9. The zero-order chi connectivity index (χ0) is 41.6. The molecule has 4 N–H and O–H groups in total. The molecule has 8 atom stereocenters. The molecule has 0 unspecified atom stereocenters. The van der Waals surface area contributed by atoms with Gasteiger partial charge in [0.1, 0.15) is 6.04 Å². The van der Waals surface area contributed by atoms with Crippen LogP contribution in [-0.4, -0.2) is 136 Å². The van der Waals surface area contributed by atoms with E-state index in [0.717, 1.165) is 24.1 Å². The van der Waals surface area contributed by atoms with Crippen molar-refractivity contribution < 1.29 is 33.4 Å². The lowest BCUT2D eigenvalue weighted by Gasteiger charge is -2.41. The molecular formula is C41H71N7O7. The van der Waals surface area contributed by atoms with Crippen LogP contribution in [0.5, 0.6) is 0 Å². The van der Waals surface area contributed by atoms with Gasteiger partial charge in [-0.2, -0.15) is 0 Å². The number of benzene rings is 1. The lowest BCUT2D eigenvalue weighted by Crippen LogP contribution is -2.59. The number of nitrogens with zero attached hydrogens (tertiary/aromatic N) is 3. The van der Waals surface area contributed by atoms with Crippen LogP contribution >= 0.6 is 0 Å². The zero-order valence-corrected chi connectivity index (χ0v) is 35.7. The predicted molar refractivity (Wildman–Crippen MR) is 216 cm³/mol. The fourth-order valence-electron chi connectivity index (χ4n) is 7.79. The van der Waals surface area contributed by atoms with Crippen LogP contribution in [0.2, 0.25) is 0 Å². The van der Waals surface area contributed by atoms with Gasteiger partial charge < -0.3 is 40.5 Å². The van der Waals surface area contributed by atoms with Crippen LogP contribution < -0.4 is 21.3 Å². The summed E-state index contributed by atoms with van der Waals surface area (Å²) in [5.41, 5.74) is 1.91. The maximum Gasteiger partial charge on any atom is 0.245 e. The molecule has 1 saturated heterocycles. The monoisotopic (exact) mass is 774 g/mol. The van der Waals surface area contributed by atoms with Gasteiger partial charge in [-0.25, -0.2) is 0 Å². The molecule has 0 bridgehead atoms. The normalized spacial score (nSPS) is 18.3. The molecule has 1 aromatic carbocycles. The second kappa shape index (κ2) is 22.7. The third-order valence-electron chi connectivity index (χ3n) is 11.1. The van der Waals surface area contributed by atoms with E-state index in [1.165, 1.54) is 7.11 Å². The van der Waals surface area contributed by atoms with E-state index in [-0.39, 0.29) is 66.3 Å². The van der Waals surface area contributed by atoms with E-state index in [9.17, 15) is 24.0 Å². The Morgan fingerprint density at radius 2 is 1.53 bits per heavy atom. The predicted octanol–water partition coefficient (Wildman–Crippen LogP) is 3.11. The van der Waals surface area contributed by atoms with Gasteiger partial charge in [0.2, 0.25) is 29.5 Å². The van der Waals surface area contributed by atoms with E-state index in [0.29, 0.717) is 19.5 Å². The molecule has 55 heavy (non-hydrogen) atoms. The van der Waals surface area contributed by atoms with Crippen LogP contribution in [0.3, 0.4) is 0 Å². The van der Waals surface area contributed by atoms with Crippen LogP contribution in [-0.2, 0) is 40.0 Å². The molecule has 1 aliphatic heterocycles. The maximum atomic E-state index is 14.2. The number of hydrogen-bond acceptors (Lipinski definition) is 9. The van der Waals surface area contributed by atoms with Crippen LogP contribution in [0, 0.1) is 23.7 Å². The number of rotatable bonds is 22. The first-order chi connectivity index (χ1) is 25.9. The van der Waals surface area contributed by atoms with E-state index < -0.39 is 36.3 Å². The number of anilines is 1. The molecule has 0 aliphatic carbocycles. The molecule has 1 fully saturated rings. The van der Waals surface area contributed by atoms with Crippen molar-refractivity contribution in [3.8, 4) is 0 Å². The van der Waals surface area contributed by atoms with Gasteiger partial charge >= 0.3 is 0 Å². The number of nitrogens with one attached hydrogen (secondary N) is 4. The second-order valence-corrected chi connectivity index (χ2v) is 15.9. The molecule has 0 aromatic heterocycles. The average molecular weight is 774 g/mol. The lowest BCUT2D eigenvalue weighted by atomic mass is 9.89. The largest absolute Gasteiger partial charge is 0.388 e. The fourth-order valence-corrected chi connectivity index (χ4v) is 7.79. The Hall–Kier alpha value is -3.75. The van der Waals surface area contributed by atoms with Crippen molar-refractivity contribution in [1.82, 2.24) is 30.7 Å².